The Kier molecular flexibility index (Phi) is 5.21. The number of rotatable bonds is 7. The van der Waals surface area contributed by atoms with Crippen molar-refractivity contribution in [3.8, 4) is 0 Å². The van der Waals surface area contributed by atoms with Crippen molar-refractivity contribution < 1.29 is 8.42 Å². The fourth-order valence-electron chi connectivity index (χ4n) is 2.10. The molecule has 0 radical (unpaired) electrons. The summed E-state index contributed by atoms with van der Waals surface area (Å²) in [7, 11) is -1.67. The lowest BCUT2D eigenvalue weighted by Crippen LogP contribution is -2.36. The van der Waals surface area contributed by atoms with Crippen LogP contribution < -0.4 is 5.32 Å². The molecular weight excluding hydrogens is 306 g/mol. The van der Waals surface area contributed by atoms with E-state index in [1.807, 2.05) is 38.4 Å². The van der Waals surface area contributed by atoms with Crippen molar-refractivity contribution in [2.24, 2.45) is 0 Å². The van der Waals surface area contributed by atoms with Gasteiger partial charge < -0.3 is 10.3 Å². The molecule has 116 valence electrons. The molecule has 0 aliphatic rings. The van der Waals surface area contributed by atoms with Gasteiger partial charge in [0.05, 0.1) is 4.90 Å². The first-order valence-corrected chi connectivity index (χ1v) is 9.13. The quantitative estimate of drug-likeness (QED) is 0.821. The predicted molar refractivity (Wildman–Crippen MR) is 85.7 cm³/mol. The van der Waals surface area contributed by atoms with Gasteiger partial charge in [0.2, 0.25) is 10.0 Å². The van der Waals surface area contributed by atoms with Crippen molar-refractivity contribution >= 4 is 21.4 Å². The molecule has 2 rings (SSSR count). The molecule has 0 aliphatic carbocycles. The summed E-state index contributed by atoms with van der Waals surface area (Å²) in [6.45, 7) is 4.81. The van der Waals surface area contributed by atoms with Crippen LogP contribution in [0.15, 0.2) is 34.7 Å². The molecule has 0 spiro atoms. The van der Waals surface area contributed by atoms with Gasteiger partial charge in [0.1, 0.15) is 0 Å². The first kappa shape index (κ1) is 16.2. The van der Waals surface area contributed by atoms with Crippen LogP contribution in [0, 0.1) is 0 Å². The Morgan fingerprint density at radius 3 is 2.76 bits per heavy atom. The van der Waals surface area contributed by atoms with E-state index >= 15 is 0 Å². The van der Waals surface area contributed by atoms with Crippen molar-refractivity contribution in [3.05, 3.63) is 40.3 Å². The molecule has 2 heterocycles. The van der Waals surface area contributed by atoms with Gasteiger partial charge in [-0.1, -0.05) is 6.07 Å². The molecule has 0 amide bonds. The second kappa shape index (κ2) is 6.74. The van der Waals surface area contributed by atoms with E-state index in [0.29, 0.717) is 18.0 Å². The third-order valence-electron chi connectivity index (χ3n) is 3.16. The Bertz CT molecular complexity index is 660. The monoisotopic (exact) mass is 327 g/mol. The number of aromatic nitrogens is 1. The zero-order chi connectivity index (χ0) is 15.5. The van der Waals surface area contributed by atoms with Crippen molar-refractivity contribution in [3.63, 3.8) is 0 Å². The van der Waals surface area contributed by atoms with Gasteiger partial charge in [-0.3, -0.25) is 0 Å². The zero-order valence-electron chi connectivity index (χ0n) is 12.5. The van der Waals surface area contributed by atoms with E-state index in [1.54, 1.807) is 23.6 Å². The fourth-order valence-corrected chi connectivity index (χ4v) is 4.52. The lowest BCUT2D eigenvalue weighted by molar-refractivity contribution is 0.350. The number of hydrogen-bond donors (Lipinski definition) is 2. The maximum absolute atomic E-state index is 12.8. The summed E-state index contributed by atoms with van der Waals surface area (Å²) in [6, 6.07) is 5.49. The molecule has 7 heteroatoms. The number of H-pyrrole nitrogens is 1. The van der Waals surface area contributed by atoms with Gasteiger partial charge in [0, 0.05) is 35.9 Å². The number of nitrogens with one attached hydrogen (secondary N) is 2. The van der Waals surface area contributed by atoms with Crippen LogP contribution in [0.5, 0.6) is 0 Å². The topological polar surface area (TPSA) is 65.2 Å². The van der Waals surface area contributed by atoms with E-state index in [9.17, 15) is 8.42 Å². The highest BCUT2D eigenvalue weighted by Gasteiger charge is 2.28. The average Bonchev–Trinajstić information content (AvgIpc) is 3.07. The molecule has 2 aromatic heterocycles. The van der Waals surface area contributed by atoms with E-state index in [1.165, 1.54) is 4.31 Å². The van der Waals surface area contributed by atoms with Gasteiger partial charge in [-0.15, -0.1) is 11.3 Å². The van der Waals surface area contributed by atoms with Gasteiger partial charge >= 0.3 is 0 Å². The molecule has 0 aliphatic heterocycles. The SMILES string of the molecule is CNCc1cc(S(=O)(=O)N(Cc2cccs2)C(C)C)c[nH]1. The van der Waals surface area contributed by atoms with Crippen LogP contribution in [0.25, 0.3) is 0 Å². The van der Waals surface area contributed by atoms with E-state index in [-0.39, 0.29) is 6.04 Å². The number of nitrogens with zero attached hydrogens (tertiary/aromatic N) is 1. The van der Waals surface area contributed by atoms with E-state index in [0.717, 1.165) is 10.6 Å². The highest BCUT2D eigenvalue weighted by atomic mass is 32.2. The predicted octanol–water partition coefficient (Wildman–Crippen LogP) is 2.39. The molecular formula is C14H21N3O2S2. The molecule has 0 fully saturated rings. The van der Waals surface area contributed by atoms with Crippen molar-refractivity contribution in [2.75, 3.05) is 7.05 Å². The summed E-state index contributed by atoms with van der Waals surface area (Å²) in [5.74, 6) is 0. The summed E-state index contributed by atoms with van der Waals surface area (Å²) in [4.78, 5) is 4.36. The maximum atomic E-state index is 12.8. The van der Waals surface area contributed by atoms with Crippen LogP contribution in [-0.4, -0.2) is 30.8 Å². The standard InChI is InChI=1S/C14H21N3O2S2/c1-11(2)17(10-13-5-4-6-20-13)21(18,19)14-7-12(8-15-3)16-9-14/h4-7,9,11,15-16H,8,10H2,1-3H3. The van der Waals surface area contributed by atoms with Crippen LogP contribution in [0.2, 0.25) is 0 Å². The fraction of sp³-hybridized carbons (Fsp3) is 0.429. The minimum atomic E-state index is -3.49. The molecule has 0 saturated heterocycles. The third kappa shape index (κ3) is 3.74. The van der Waals surface area contributed by atoms with Crippen molar-refractivity contribution in [2.45, 2.75) is 37.9 Å². The summed E-state index contributed by atoms with van der Waals surface area (Å²) >= 11 is 1.57. The van der Waals surface area contributed by atoms with Crippen LogP contribution in [-0.2, 0) is 23.1 Å². The highest BCUT2D eigenvalue weighted by Crippen LogP contribution is 2.23. The smallest absolute Gasteiger partial charge is 0.245 e. The second-order valence-corrected chi connectivity index (χ2v) is 8.04. The zero-order valence-corrected chi connectivity index (χ0v) is 14.1. The highest BCUT2D eigenvalue weighted by molar-refractivity contribution is 7.89. The Labute approximate surface area is 130 Å². The molecule has 5 nitrogen and oxygen atoms in total. The first-order valence-electron chi connectivity index (χ1n) is 6.81. The molecule has 2 N–H and O–H groups in total. The number of thiophene rings is 1. The Hall–Kier alpha value is -1.15. The minimum Gasteiger partial charge on any atom is -0.363 e. The third-order valence-corrected chi connectivity index (χ3v) is 6.02. The molecule has 21 heavy (non-hydrogen) atoms. The Morgan fingerprint density at radius 1 is 1.43 bits per heavy atom. The van der Waals surface area contributed by atoms with Gasteiger partial charge in [-0.25, -0.2) is 8.42 Å². The first-order chi connectivity index (χ1) is 9.95. The van der Waals surface area contributed by atoms with E-state index < -0.39 is 10.0 Å². The number of sulfonamides is 1. The maximum Gasteiger partial charge on any atom is 0.245 e. The van der Waals surface area contributed by atoms with E-state index in [4.69, 9.17) is 0 Å². The molecule has 0 saturated carbocycles. The second-order valence-electron chi connectivity index (χ2n) is 5.11. The normalized spacial score (nSPS) is 12.4. The van der Waals surface area contributed by atoms with Crippen LogP contribution >= 0.6 is 11.3 Å². The van der Waals surface area contributed by atoms with Crippen LogP contribution in [0.4, 0.5) is 0 Å². The summed E-state index contributed by atoms with van der Waals surface area (Å²) in [5, 5.41) is 4.96. The van der Waals surface area contributed by atoms with E-state index in [2.05, 4.69) is 10.3 Å². The summed E-state index contributed by atoms with van der Waals surface area (Å²) in [5.41, 5.74) is 0.857. The van der Waals surface area contributed by atoms with Gasteiger partial charge in [0.15, 0.2) is 0 Å². The van der Waals surface area contributed by atoms with Crippen molar-refractivity contribution in [1.29, 1.82) is 0 Å². The number of aromatic amines is 1. The molecule has 0 aromatic carbocycles. The van der Waals surface area contributed by atoms with Crippen LogP contribution in [0.1, 0.15) is 24.4 Å². The van der Waals surface area contributed by atoms with Gasteiger partial charge in [-0.05, 0) is 38.4 Å². The molecule has 0 bridgehead atoms. The lowest BCUT2D eigenvalue weighted by atomic mass is 10.4. The Morgan fingerprint density at radius 2 is 2.19 bits per heavy atom. The minimum absolute atomic E-state index is 0.0975. The lowest BCUT2D eigenvalue weighted by Gasteiger charge is -2.24. The summed E-state index contributed by atoms with van der Waals surface area (Å²) in [6.07, 6.45) is 1.56. The molecule has 0 atom stereocenters. The van der Waals surface area contributed by atoms with Crippen molar-refractivity contribution in [1.82, 2.24) is 14.6 Å². The van der Waals surface area contributed by atoms with Gasteiger partial charge in [-0.2, -0.15) is 4.31 Å². The average molecular weight is 327 g/mol. The number of hydrogen-bond acceptors (Lipinski definition) is 4. The van der Waals surface area contributed by atoms with Gasteiger partial charge in [0.25, 0.3) is 0 Å². The molecule has 0 unspecified atom stereocenters. The molecule has 2 aromatic rings. The summed E-state index contributed by atoms with van der Waals surface area (Å²) < 4.78 is 27.1. The Balaban J connectivity index is 2.28. The largest absolute Gasteiger partial charge is 0.363 e. The van der Waals surface area contributed by atoms with Crippen LogP contribution in [0.3, 0.4) is 0 Å².